The summed E-state index contributed by atoms with van der Waals surface area (Å²) >= 11 is 4.35. The predicted molar refractivity (Wildman–Crippen MR) is 142 cm³/mol. The fourth-order valence-corrected chi connectivity index (χ4v) is 7.12. The van der Waals surface area contributed by atoms with Crippen molar-refractivity contribution in [2.24, 2.45) is 0 Å². The first-order valence-corrected chi connectivity index (χ1v) is 14.3. The molecule has 0 amide bonds. The maximum absolute atomic E-state index is 13.5. The van der Waals surface area contributed by atoms with E-state index >= 15 is 0 Å². The predicted octanol–water partition coefficient (Wildman–Crippen LogP) is 3.74. The molecule has 0 radical (unpaired) electrons. The van der Waals surface area contributed by atoms with Crippen LogP contribution in [-0.4, -0.2) is 86.4 Å². The minimum absolute atomic E-state index is 0.141. The van der Waals surface area contributed by atoms with Crippen molar-refractivity contribution in [3.05, 3.63) is 54.1 Å². The molecule has 0 aliphatic carbocycles. The van der Waals surface area contributed by atoms with Crippen molar-refractivity contribution >= 4 is 28.3 Å². The first kappa shape index (κ1) is 29.2. The number of halogens is 3. The Kier molecular flexibility index (Phi) is 8.15. The monoisotopic (exact) mass is 573 g/mol. The Hall–Kier alpha value is -1.83. The van der Waals surface area contributed by atoms with Gasteiger partial charge in [-0.2, -0.15) is 17.5 Å². The van der Waals surface area contributed by atoms with Crippen LogP contribution >= 0.6 is 12.6 Å². The molecule has 2 fully saturated rings. The van der Waals surface area contributed by atoms with Gasteiger partial charge < -0.3 is 14.7 Å². The van der Waals surface area contributed by atoms with Gasteiger partial charge in [0.05, 0.1) is 23.1 Å². The molecule has 1 N–H and O–H groups in total. The van der Waals surface area contributed by atoms with Gasteiger partial charge in [-0.3, -0.25) is 4.90 Å². The Morgan fingerprint density at radius 2 is 1.74 bits per heavy atom. The smallest absolute Gasteiger partial charge is 0.376 e. The molecule has 210 valence electrons. The first-order chi connectivity index (χ1) is 17.6. The van der Waals surface area contributed by atoms with E-state index < -0.39 is 21.8 Å². The molecule has 38 heavy (non-hydrogen) atoms. The van der Waals surface area contributed by atoms with E-state index in [1.54, 1.807) is 30.3 Å². The lowest BCUT2D eigenvalue weighted by Gasteiger charge is -2.46. The van der Waals surface area contributed by atoms with Gasteiger partial charge >= 0.3 is 6.18 Å². The lowest BCUT2D eigenvalue weighted by Crippen LogP contribution is -2.60. The SMILES string of the molecule is CC1(C)CN(C[C@@H]2CN(S(=O)(=O)c3ccccc3S)CCN2c2ccc([C@@](C)(O)C(F)(F)F)cc2)CCO1. The summed E-state index contributed by atoms with van der Waals surface area (Å²) in [7, 11) is -3.81. The molecule has 0 spiro atoms. The zero-order valence-corrected chi connectivity index (χ0v) is 23.4. The van der Waals surface area contributed by atoms with Gasteiger partial charge in [0.15, 0.2) is 5.60 Å². The molecule has 2 heterocycles. The number of thiol groups is 1. The van der Waals surface area contributed by atoms with Crippen LogP contribution in [0.5, 0.6) is 0 Å². The van der Waals surface area contributed by atoms with Crippen molar-refractivity contribution in [3.8, 4) is 0 Å². The minimum atomic E-state index is -4.82. The highest BCUT2D eigenvalue weighted by Crippen LogP contribution is 2.39. The van der Waals surface area contributed by atoms with E-state index in [0.717, 1.165) is 6.92 Å². The molecular weight excluding hydrogens is 539 g/mol. The van der Waals surface area contributed by atoms with Gasteiger partial charge in [-0.1, -0.05) is 24.3 Å². The average Bonchev–Trinajstić information content (AvgIpc) is 2.83. The van der Waals surface area contributed by atoms with Crippen LogP contribution in [0.3, 0.4) is 0 Å². The minimum Gasteiger partial charge on any atom is -0.376 e. The number of ether oxygens (including phenoxy) is 1. The quantitative estimate of drug-likeness (QED) is 0.514. The molecule has 4 rings (SSSR count). The number of morpholine rings is 1. The summed E-state index contributed by atoms with van der Waals surface area (Å²) in [6.07, 6.45) is -4.82. The number of benzene rings is 2. The van der Waals surface area contributed by atoms with Crippen LogP contribution in [0, 0.1) is 0 Å². The summed E-state index contributed by atoms with van der Waals surface area (Å²) in [5.74, 6) is 0. The van der Waals surface area contributed by atoms with E-state index in [9.17, 15) is 26.7 Å². The summed E-state index contributed by atoms with van der Waals surface area (Å²) in [4.78, 5) is 4.77. The summed E-state index contributed by atoms with van der Waals surface area (Å²) in [5, 5.41) is 10.1. The van der Waals surface area contributed by atoms with E-state index in [4.69, 9.17) is 4.74 Å². The van der Waals surface area contributed by atoms with Crippen molar-refractivity contribution in [1.29, 1.82) is 0 Å². The summed E-state index contributed by atoms with van der Waals surface area (Å²) < 4.78 is 74.4. The highest BCUT2D eigenvalue weighted by Gasteiger charge is 2.51. The summed E-state index contributed by atoms with van der Waals surface area (Å²) in [5.41, 5.74) is -2.92. The van der Waals surface area contributed by atoms with Crippen molar-refractivity contribution in [1.82, 2.24) is 9.21 Å². The molecule has 2 aromatic carbocycles. The van der Waals surface area contributed by atoms with E-state index in [1.807, 2.05) is 18.7 Å². The largest absolute Gasteiger partial charge is 0.421 e. The number of aliphatic hydroxyl groups is 1. The molecule has 2 aliphatic rings. The number of anilines is 1. The van der Waals surface area contributed by atoms with Crippen molar-refractivity contribution in [3.63, 3.8) is 0 Å². The second-order valence-electron chi connectivity index (χ2n) is 10.6. The normalized spacial score (nSPS) is 23.3. The number of alkyl halides is 3. The van der Waals surface area contributed by atoms with Crippen LogP contribution in [0.25, 0.3) is 0 Å². The molecule has 12 heteroatoms. The molecule has 0 unspecified atom stereocenters. The van der Waals surface area contributed by atoms with E-state index in [1.165, 1.54) is 22.5 Å². The summed E-state index contributed by atoms with van der Waals surface area (Å²) in [6, 6.07) is 11.9. The van der Waals surface area contributed by atoms with Gasteiger partial charge in [0.2, 0.25) is 10.0 Å². The van der Waals surface area contributed by atoms with E-state index in [-0.39, 0.29) is 35.2 Å². The molecule has 0 bridgehead atoms. The number of hydrogen-bond donors (Lipinski definition) is 2. The molecule has 7 nitrogen and oxygen atoms in total. The second-order valence-corrected chi connectivity index (χ2v) is 13.0. The molecule has 2 aliphatic heterocycles. The van der Waals surface area contributed by atoms with E-state index in [2.05, 4.69) is 17.5 Å². The third-order valence-corrected chi connectivity index (χ3v) is 9.68. The standard InChI is InChI=1S/C26H34F3N3O4S2/c1-24(2)18-30(14-15-36-24)16-21-17-31(38(34,35)23-7-5-4-6-22(23)37)12-13-32(21)20-10-8-19(9-11-20)25(3,33)26(27,28)29/h4-11,21,33,37H,12-18H2,1-3H3/t21-,25-/m1/s1. The molecule has 2 aromatic rings. The van der Waals surface area contributed by atoms with Crippen molar-refractivity contribution in [2.45, 2.75) is 54.0 Å². The fourth-order valence-electron chi connectivity index (χ4n) is 5.06. The number of rotatable bonds is 6. The Labute approximate surface area is 227 Å². The first-order valence-electron chi connectivity index (χ1n) is 12.4. The zero-order valence-electron chi connectivity index (χ0n) is 21.6. The van der Waals surface area contributed by atoms with Gasteiger partial charge in [0.1, 0.15) is 0 Å². The van der Waals surface area contributed by atoms with Gasteiger partial charge in [0, 0.05) is 49.9 Å². The van der Waals surface area contributed by atoms with Crippen LogP contribution < -0.4 is 4.90 Å². The lowest BCUT2D eigenvalue weighted by atomic mass is 9.95. The second kappa shape index (κ2) is 10.6. The van der Waals surface area contributed by atoms with Crippen LogP contribution in [0.2, 0.25) is 0 Å². The zero-order chi connectivity index (χ0) is 27.9. The van der Waals surface area contributed by atoms with Crippen molar-refractivity contribution in [2.75, 3.05) is 50.8 Å². The number of piperazine rings is 1. The van der Waals surface area contributed by atoms with Gasteiger partial charge in [0.25, 0.3) is 0 Å². The molecule has 0 saturated carbocycles. The number of hydrogen-bond acceptors (Lipinski definition) is 7. The van der Waals surface area contributed by atoms with Gasteiger partial charge in [-0.15, -0.1) is 12.6 Å². The van der Waals surface area contributed by atoms with Gasteiger partial charge in [-0.25, -0.2) is 8.42 Å². The fraction of sp³-hybridized carbons (Fsp3) is 0.538. The lowest BCUT2D eigenvalue weighted by molar-refractivity contribution is -0.258. The molecule has 2 atom stereocenters. The van der Waals surface area contributed by atoms with Crippen LogP contribution in [0.15, 0.2) is 58.3 Å². The molecule has 2 saturated heterocycles. The Balaban J connectivity index is 1.62. The maximum atomic E-state index is 13.5. The Bertz CT molecular complexity index is 1240. The maximum Gasteiger partial charge on any atom is 0.421 e. The average molecular weight is 574 g/mol. The van der Waals surface area contributed by atoms with Crippen molar-refractivity contribution < 1.29 is 31.4 Å². The Morgan fingerprint density at radius 3 is 2.34 bits per heavy atom. The molecule has 0 aromatic heterocycles. The van der Waals surface area contributed by atoms with Crippen LogP contribution in [0.1, 0.15) is 26.3 Å². The third kappa shape index (κ3) is 6.00. The van der Waals surface area contributed by atoms with Crippen LogP contribution in [0.4, 0.5) is 18.9 Å². The highest BCUT2D eigenvalue weighted by molar-refractivity contribution is 7.90. The Morgan fingerprint density at radius 1 is 1.08 bits per heavy atom. The number of sulfonamides is 1. The number of nitrogens with zero attached hydrogens (tertiary/aromatic N) is 3. The van der Waals surface area contributed by atoms with Gasteiger partial charge in [-0.05, 0) is 50.6 Å². The van der Waals surface area contributed by atoms with E-state index in [0.29, 0.717) is 43.4 Å². The summed E-state index contributed by atoms with van der Waals surface area (Å²) in [6.45, 7) is 7.94. The highest BCUT2D eigenvalue weighted by atomic mass is 32.2. The topological polar surface area (TPSA) is 73.3 Å². The molecular formula is C26H34F3N3O4S2. The third-order valence-electron chi connectivity index (χ3n) is 7.22. The van der Waals surface area contributed by atoms with Crippen LogP contribution in [-0.2, 0) is 20.4 Å².